The molecule has 1 unspecified atom stereocenters. The van der Waals surface area contributed by atoms with E-state index < -0.39 is 6.10 Å². The minimum Gasteiger partial charge on any atom is -0.507 e. The highest BCUT2D eigenvalue weighted by atomic mass is 79.9. The third kappa shape index (κ3) is 4.51. The average molecular weight is 330 g/mol. The van der Waals surface area contributed by atoms with Crippen LogP contribution in [0, 0.1) is 5.92 Å². The molecule has 4 nitrogen and oxygen atoms in total. The van der Waals surface area contributed by atoms with Gasteiger partial charge in [0, 0.05) is 12.1 Å². The van der Waals surface area contributed by atoms with Crippen LogP contribution in [0.2, 0.25) is 0 Å². The zero-order valence-electron chi connectivity index (χ0n) is 11.2. The van der Waals surface area contributed by atoms with Crippen molar-refractivity contribution in [3.05, 3.63) is 28.2 Å². The number of aromatic hydroxyl groups is 1. The summed E-state index contributed by atoms with van der Waals surface area (Å²) in [6, 6.07) is 4.62. The van der Waals surface area contributed by atoms with Crippen LogP contribution in [0.1, 0.15) is 37.0 Å². The van der Waals surface area contributed by atoms with E-state index in [0.717, 1.165) is 12.8 Å². The van der Waals surface area contributed by atoms with E-state index in [2.05, 4.69) is 21.2 Å². The molecule has 1 aromatic carbocycles. The fraction of sp³-hybridized carbons (Fsp3) is 0.500. The number of rotatable bonds is 6. The normalized spacial score (nSPS) is 12.5. The van der Waals surface area contributed by atoms with Crippen molar-refractivity contribution < 1.29 is 15.0 Å². The zero-order valence-corrected chi connectivity index (χ0v) is 12.8. The lowest BCUT2D eigenvalue weighted by Crippen LogP contribution is -2.36. The quantitative estimate of drug-likeness (QED) is 0.751. The van der Waals surface area contributed by atoms with Gasteiger partial charge in [-0.15, -0.1) is 0 Å². The molecule has 0 saturated heterocycles. The summed E-state index contributed by atoms with van der Waals surface area (Å²) in [4.78, 5) is 11.9. The second kappa shape index (κ2) is 7.50. The van der Waals surface area contributed by atoms with E-state index >= 15 is 0 Å². The molecule has 106 valence electrons. The van der Waals surface area contributed by atoms with Gasteiger partial charge in [-0.2, -0.15) is 0 Å². The van der Waals surface area contributed by atoms with Gasteiger partial charge in [0.1, 0.15) is 5.75 Å². The lowest BCUT2D eigenvalue weighted by molar-refractivity contribution is 0.0816. The van der Waals surface area contributed by atoms with Gasteiger partial charge in [0.05, 0.1) is 10.6 Å². The number of hydrogen-bond acceptors (Lipinski definition) is 3. The van der Waals surface area contributed by atoms with Crippen LogP contribution in [0.3, 0.4) is 0 Å². The summed E-state index contributed by atoms with van der Waals surface area (Å²) in [5.41, 5.74) is 0.373. The Balaban J connectivity index is 2.58. The highest BCUT2D eigenvalue weighted by molar-refractivity contribution is 9.10. The average Bonchev–Trinajstić information content (AvgIpc) is 2.40. The summed E-state index contributed by atoms with van der Waals surface area (Å²) in [5.74, 6) is -0.0837. The van der Waals surface area contributed by atoms with E-state index in [4.69, 9.17) is 0 Å². The number of benzene rings is 1. The topological polar surface area (TPSA) is 69.6 Å². The maximum atomic E-state index is 11.9. The van der Waals surface area contributed by atoms with Gasteiger partial charge in [-0.1, -0.05) is 26.7 Å². The summed E-state index contributed by atoms with van der Waals surface area (Å²) in [6.45, 7) is 4.26. The summed E-state index contributed by atoms with van der Waals surface area (Å²) in [7, 11) is 0. The van der Waals surface area contributed by atoms with Crippen LogP contribution < -0.4 is 5.32 Å². The minimum absolute atomic E-state index is 0.0215. The molecule has 0 aliphatic rings. The Bertz CT molecular complexity index is 433. The number of carbonyl (C=O) groups is 1. The molecule has 0 fully saturated rings. The number of amides is 1. The molecule has 0 spiro atoms. The number of carbonyl (C=O) groups excluding carboxylic acids is 1. The molecule has 0 saturated carbocycles. The van der Waals surface area contributed by atoms with Crippen LogP contribution >= 0.6 is 15.9 Å². The molecule has 0 aromatic heterocycles. The molecule has 0 aliphatic carbocycles. The first kappa shape index (κ1) is 16.0. The number of phenols is 1. The summed E-state index contributed by atoms with van der Waals surface area (Å²) < 4.78 is 0.543. The van der Waals surface area contributed by atoms with Crippen LogP contribution in [-0.2, 0) is 0 Å². The van der Waals surface area contributed by atoms with Gasteiger partial charge in [-0.25, -0.2) is 0 Å². The van der Waals surface area contributed by atoms with Crippen molar-refractivity contribution in [1.29, 1.82) is 0 Å². The molecule has 5 heteroatoms. The van der Waals surface area contributed by atoms with Gasteiger partial charge in [-0.05, 0) is 40.0 Å². The minimum atomic E-state index is -0.539. The maximum Gasteiger partial charge on any atom is 0.251 e. The molecule has 0 bridgehead atoms. The molecule has 19 heavy (non-hydrogen) atoms. The van der Waals surface area contributed by atoms with Crippen molar-refractivity contribution in [1.82, 2.24) is 5.32 Å². The summed E-state index contributed by atoms with van der Waals surface area (Å²) in [5, 5.41) is 22.1. The Labute approximate surface area is 122 Å². The third-order valence-corrected chi connectivity index (χ3v) is 3.94. The Morgan fingerprint density at radius 1 is 1.37 bits per heavy atom. The van der Waals surface area contributed by atoms with Crippen LogP contribution in [-0.4, -0.2) is 28.8 Å². The smallest absolute Gasteiger partial charge is 0.251 e. The maximum absolute atomic E-state index is 11.9. The Morgan fingerprint density at radius 3 is 2.53 bits per heavy atom. The SMILES string of the molecule is CCC(CC)C(O)CNC(=O)c1ccc(Br)c(O)c1. The van der Waals surface area contributed by atoms with Gasteiger partial charge < -0.3 is 15.5 Å². The highest BCUT2D eigenvalue weighted by Gasteiger charge is 2.17. The predicted octanol–water partition coefficient (Wildman–Crippen LogP) is 2.68. The second-order valence-electron chi connectivity index (χ2n) is 4.52. The van der Waals surface area contributed by atoms with E-state index in [0.29, 0.717) is 10.0 Å². The molecule has 0 heterocycles. The van der Waals surface area contributed by atoms with Crippen LogP contribution in [0.5, 0.6) is 5.75 Å². The molecule has 0 aliphatic heterocycles. The van der Waals surface area contributed by atoms with E-state index in [1.807, 2.05) is 13.8 Å². The van der Waals surface area contributed by atoms with Crippen LogP contribution in [0.25, 0.3) is 0 Å². The van der Waals surface area contributed by atoms with Gasteiger partial charge >= 0.3 is 0 Å². The second-order valence-corrected chi connectivity index (χ2v) is 5.37. The Hall–Kier alpha value is -1.07. The van der Waals surface area contributed by atoms with Crippen molar-refractivity contribution >= 4 is 21.8 Å². The lowest BCUT2D eigenvalue weighted by Gasteiger charge is -2.20. The molecule has 1 rings (SSSR count). The summed E-state index contributed by atoms with van der Waals surface area (Å²) in [6.07, 6.45) is 1.22. The number of aliphatic hydroxyl groups is 1. The molecular weight excluding hydrogens is 310 g/mol. The standard InChI is InChI=1S/C14H20BrNO3/c1-3-9(4-2)13(18)8-16-14(19)10-5-6-11(15)12(17)7-10/h5-7,9,13,17-18H,3-4,8H2,1-2H3,(H,16,19). The Kier molecular flexibility index (Phi) is 6.31. The first-order valence-corrected chi connectivity index (χ1v) is 7.23. The van der Waals surface area contributed by atoms with Crippen molar-refractivity contribution in [3.8, 4) is 5.75 Å². The molecular formula is C14H20BrNO3. The van der Waals surface area contributed by atoms with Gasteiger partial charge in [-0.3, -0.25) is 4.79 Å². The first-order chi connectivity index (χ1) is 8.99. The van der Waals surface area contributed by atoms with Gasteiger partial charge in [0.2, 0.25) is 0 Å². The highest BCUT2D eigenvalue weighted by Crippen LogP contribution is 2.24. The monoisotopic (exact) mass is 329 g/mol. The molecule has 0 radical (unpaired) electrons. The number of phenolic OH excluding ortho intramolecular Hbond substituents is 1. The third-order valence-electron chi connectivity index (χ3n) is 3.27. The fourth-order valence-corrected chi connectivity index (χ4v) is 2.20. The lowest BCUT2D eigenvalue weighted by atomic mass is 9.96. The number of halogens is 1. The Morgan fingerprint density at radius 2 is 2.00 bits per heavy atom. The largest absolute Gasteiger partial charge is 0.507 e. The molecule has 1 atom stereocenters. The van der Waals surface area contributed by atoms with Crippen LogP contribution in [0.4, 0.5) is 0 Å². The fourth-order valence-electron chi connectivity index (χ4n) is 1.95. The summed E-state index contributed by atoms with van der Waals surface area (Å²) >= 11 is 3.16. The number of aliphatic hydroxyl groups excluding tert-OH is 1. The van der Waals surface area contributed by atoms with E-state index in [1.54, 1.807) is 12.1 Å². The van der Waals surface area contributed by atoms with Crippen molar-refractivity contribution in [3.63, 3.8) is 0 Å². The van der Waals surface area contributed by atoms with E-state index in [9.17, 15) is 15.0 Å². The van der Waals surface area contributed by atoms with Crippen molar-refractivity contribution in [2.75, 3.05) is 6.54 Å². The number of nitrogens with one attached hydrogen (secondary N) is 1. The zero-order chi connectivity index (χ0) is 14.4. The predicted molar refractivity (Wildman–Crippen MR) is 78.2 cm³/mol. The molecule has 1 aromatic rings. The number of hydrogen-bond donors (Lipinski definition) is 3. The van der Waals surface area contributed by atoms with Crippen molar-refractivity contribution in [2.45, 2.75) is 32.8 Å². The van der Waals surface area contributed by atoms with E-state index in [-0.39, 0.29) is 24.1 Å². The van der Waals surface area contributed by atoms with Gasteiger partial charge in [0.25, 0.3) is 5.91 Å². The first-order valence-electron chi connectivity index (χ1n) is 6.44. The molecule has 3 N–H and O–H groups in total. The van der Waals surface area contributed by atoms with Crippen LogP contribution in [0.15, 0.2) is 22.7 Å². The van der Waals surface area contributed by atoms with E-state index in [1.165, 1.54) is 6.07 Å². The molecule has 1 amide bonds. The van der Waals surface area contributed by atoms with Crippen molar-refractivity contribution in [2.24, 2.45) is 5.92 Å². The van der Waals surface area contributed by atoms with Gasteiger partial charge in [0.15, 0.2) is 0 Å².